The van der Waals surface area contributed by atoms with E-state index in [4.69, 9.17) is 66.3 Å². The largest absolute Gasteiger partial charge is 0.459 e. The number of esters is 8. The number of aliphatic hydroxyl groups is 2. The second-order valence-corrected chi connectivity index (χ2v) is 23.0. The standard InChI is InChI=1S/C77H68O24/c1-2-43-88-77-66(100-74(87)54-41-25-10-26-42-54)65(101-76-59(79)64(99-73(86)53-39-23-9-24-40-53)61(96-70(83)50-33-17-6-18-34-50)56(93-76)45-90-68(81)48-29-13-4-14-30-48)62(97-71(84)51-35-19-7-20-36-51)57(94-77)46-91-75-58(78)63(98-72(85)52-37-21-8-22-38-52)60(95-69(82)49-31-15-5-16-32-49)55(92-75)44-89-67(80)47-27-11-3-12-28-47/h2-42,55-66,75-79H,1,43-46H2/t55-,56-,57-,58+,59+,60-,61-,62-,63-,64-,65+,66+,75+,76-,77+/m1/s1. The molecule has 520 valence electrons. The first-order chi connectivity index (χ1) is 49.2. The summed E-state index contributed by atoms with van der Waals surface area (Å²) in [6.07, 6.45) is -27.4. The number of aliphatic hydroxyl groups excluding tert-OH is 2. The van der Waals surface area contributed by atoms with Gasteiger partial charge in [-0.2, -0.15) is 0 Å². The van der Waals surface area contributed by atoms with Crippen molar-refractivity contribution >= 4 is 47.8 Å². The van der Waals surface area contributed by atoms with Gasteiger partial charge < -0.3 is 76.5 Å². The summed E-state index contributed by atoms with van der Waals surface area (Å²) >= 11 is 0. The van der Waals surface area contributed by atoms with Gasteiger partial charge in [0.2, 0.25) is 0 Å². The Bertz CT molecular complexity index is 4060. The number of carbonyl (C=O) groups excluding carboxylic acids is 8. The highest BCUT2D eigenvalue weighted by Gasteiger charge is 2.58. The topological polar surface area (TPSA) is 306 Å². The fourth-order valence-corrected chi connectivity index (χ4v) is 11.2. The lowest BCUT2D eigenvalue weighted by Gasteiger charge is -2.49. The number of rotatable bonds is 26. The average molecular weight is 1380 g/mol. The molecule has 3 aliphatic rings. The van der Waals surface area contributed by atoms with Crippen molar-refractivity contribution in [2.75, 3.05) is 26.4 Å². The number of benzene rings is 8. The molecule has 24 heteroatoms. The molecule has 8 aromatic rings. The molecule has 0 aliphatic carbocycles. The Morgan fingerprint density at radius 3 is 0.861 bits per heavy atom. The first-order valence-electron chi connectivity index (χ1n) is 32.0. The summed E-state index contributed by atoms with van der Waals surface area (Å²) in [5.74, 6) is -7.79. The summed E-state index contributed by atoms with van der Waals surface area (Å²) in [6.45, 7) is 1.07. The molecule has 8 aromatic carbocycles. The van der Waals surface area contributed by atoms with Crippen molar-refractivity contribution in [2.24, 2.45) is 0 Å². The van der Waals surface area contributed by atoms with Crippen LogP contribution in [-0.2, 0) is 66.3 Å². The van der Waals surface area contributed by atoms with E-state index in [1.807, 2.05) is 0 Å². The number of carbonyl (C=O) groups is 8. The van der Waals surface area contributed by atoms with Crippen LogP contribution in [0.15, 0.2) is 255 Å². The SMILES string of the molecule is C=CCO[C@H]1O[C@H](CO[C@H]2O[C@H](COC(=O)c3ccccc3)[C@@H](OC(=O)c3ccccc3)[C@H](OC(=O)c3ccccc3)[C@@H]2O)[C@@H](OC(=O)c2ccccc2)[C@H](O[C@H]2O[C@H](COC(=O)c3ccccc3)[C@@H](OC(=O)c3ccccc3)[C@H](OC(=O)c3ccccc3)[C@@H]2O)[C@@H]1OC(=O)c1ccccc1. The van der Waals surface area contributed by atoms with Gasteiger partial charge >= 0.3 is 47.8 Å². The fourth-order valence-electron chi connectivity index (χ4n) is 11.2. The molecule has 3 fully saturated rings. The first kappa shape index (κ1) is 71.2. The molecule has 0 unspecified atom stereocenters. The number of hydrogen-bond donors (Lipinski definition) is 2. The van der Waals surface area contributed by atoms with Gasteiger partial charge in [-0.05, 0) is 97.1 Å². The van der Waals surface area contributed by atoms with Gasteiger partial charge in [0.15, 0.2) is 55.5 Å². The minimum Gasteiger partial charge on any atom is -0.459 e. The van der Waals surface area contributed by atoms with Gasteiger partial charge in [0.25, 0.3) is 0 Å². The molecule has 0 spiro atoms. The van der Waals surface area contributed by atoms with Crippen molar-refractivity contribution in [3.8, 4) is 0 Å². The van der Waals surface area contributed by atoms with E-state index in [2.05, 4.69) is 6.58 Å². The molecule has 3 saturated heterocycles. The third kappa shape index (κ3) is 18.2. The molecular weight excluding hydrogens is 1310 g/mol. The van der Waals surface area contributed by atoms with Crippen molar-refractivity contribution in [3.63, 3.8) is 0 Å². The molecule has 0 bridgehead atoms. The second-order valence-electron chi connectivity index (χ2n) is 23.0. The molecule has 0 radical (unpaired) electrons. The zero-order chi connectivity index (χ0) is 70.6. The van der Waals surface area contributed by atoms with E-state index >= 15 is 0 Å². The van der Waals surface area contributed by atoms with Gasteiger partial charge in [0.05, 0.1) is 57.7 Å². The molecule has 3 heterocycles. The highest BCUT2D eigenvalue weighted by Crippen LogP contribution is 2.38. The molecule has 3 aliphatic heterocycles. The van der Waals surface area contributed by atoms with E-state index < -0.39 is 160 Å². The van der Waals surface area contributed by atoms with Crippen molar-refractivity contribution in [2.45, 2.75) is 92.1 Å². The number of hydrogen-bond acceptors (Lipinski definition) is 24. The zero-order valence-electron chi connectivity index (χ0n) is 53.7. The van der Waals surface area contributed by atoms with Gasteiger partial charge in [0.1, 0.15) is 49.8 Å². The van der Waals surface area contributed by atoms with Crippen LogP contribution >= 0.6 is 0 Å². The predicted molar refractivity (Wildman–Crippen MR) is 352 cm³/mol. The van der Waals surface area contributed by atoms with Gasteiger partial charge in [-0.25, -0.2) is 38.4 Å². The van der Waals surface area contributed by atoms with Crippen LogP contribution < -0.4 is 0 Å². The van der Waals surface area contributed by atoms with E-state index in [9.17, 15) is 48.6 Å². The molecule has 101 heavy (non-hydrogen) atoms. The number of ether oxygens (including phenoxy) is 14. The predicted octanol–water partition coefficient (Wildman–Crippen LogP) is 8.55. The Morgan fingerprint density at radius 2 is 0.545 bits per heavy atom. The van der Waals surface area contributed by atoms with Crippen LogP contribution in [-0.4, -0.2) is 177 Å². The quantitative estimate of drug-likeness (QED) is 0.0291. The minimum absolute atomic E-state index is 0.00933. The van der Waals surface area contributed by atoms with Gasteiger partial charge in [-0.15, -0.1) is 6.58 Å². The lowest BCUT2D eigenvalue weighted by Crippen LogP contribution is -2.67. The normalized spacial score (nSPS) is 24.6. The molecule has 0 saturated carbocycles. The van der Waals surface area contributed by atoms with E-state index in [0.29, 0.717) is 0 Å². The van der Waals surface area contributed by atoms with Crippen LogP contribution in [0, 0.1) is 0 Å². The highest BCUT2D eigenvalue weighted by molar-refractivity contribution is 5.93. The van der Waals surface area contributed by atoms with E-state index in [0.717, 1.165) is 0 Å². The van der Waals surface area contributed by atoms with Gasteiger partial charge in [-0.3, -0.25) is 0 Å². The van der Waals surface area contributed by atoms with Crippen molar-refractivity contribution in [1.82, 2.24) is 0 Å². The Balaban J connectivity index is 1.000. The summed E-state index contributed by atoms with van der Waals surface area (Å²) in [4.78, 5) is 114. The van der Waals surface area contributed by atoms with Crippen LogP contribution in [0.3, 0.4) is 0 Å². The summed E-state index contributed by atoms with van der Waals surface area (Å²) in [5, 5.41) is 25.5. The van der Waals surface area contributed by atoms with Crippen LogP contribution in [0.1, 0.15) is 82.9 Å². The van der Waals surface area contributed by atoms with Gasteiger partial charge in [-0.1, -0.05) is 152 Å². The van der Waals surface area contributed by atoms with E-state index in [-0.39, 0.29) is 51.1 Å². The van der Waals surface area contributed by atoms with Crippen LogP contribution in [0.2, 0.25) is 0 Å². The third-order valence-corrected chi connectivity index (χ3v) is 16.2. The first-order valence-corrected chi connectivity index (χ1v) is 32.0. The minimum atomic E-state index is -2.24. The van der Waals surface area contributed by atoms with Crippen molar-refractivity contribution < 1.29 is 115 Å². The zero-order valence-corrected chi connectivity index (χ0v) is 53.7. The highest BCUT2D eigenvalue weighted by atomic mass is 16.8. The molecule has 0 amide bonds. The van der Waals surface area contributed by atoms with Crippen molar-refractivity contribution in [3.05, 3.63) is 300 Å². The smallest absolute Gasteiger partial charge is 0.338 e. The summed E-state index contributed by atoms with van der Waals surface area (Å²) in [6, 6.07) is 61.5. The maximum Gasteiger partial charge on any atom is 0.338 e. The van der Waals surface area contributed by atoms with Crippen molar-refractivity contribution in [1.29, 1.82) is 0 Å². The molecule has 11 rings (SSSR count). The summed E-state index contributed by atoms with van der Waals surface area (Å²) in [5.41, 5.74) is 0.211. The van der Waals surface area contributed by atoms with Crippen LogP contribution in [0.25, 0.3) is 0 Å². The van der Waals surface area contributed by atoms with E-state index in [1.54, 1.807) is 146 Å². The van der Waals surface area contributed by atoms with Crippen LogP contribution in [0.4, 0.5) is 0 Å². The summed E-state index contributed by atoms with van der Waals surface area (Å²) < 4.78 is 87.9. The fraction of sp³-hybridized carbons (Fsp3) is 0.247. The molecule has 24 nitrogen and oxygen atoms in total. The Hall–Kier alpha value is -11.1. The Labute approximate surface area is 578 Å². The maximum atomic E-state index is 14.8. The lowest BCUT2D eigenvalue weighted by molar-refractivity contribution is -0.363. The third-order valence-electron chi connectivity index (χ3n) is 16.2. The second kappa shape index (κ2) is 34.6. The summed E-state index contributed by atoms with van der Waals surface area (Å²) in [7, 11) is 0. The van der Waals surface area contributed by atoms with Gasteiger partial charge in [0, 0.05) is 0 Å². The average Bonchev–Trinajstić information content (AvgIpc) is 0.771. The Kier molecular flexibility index (Phi) is 24.4. The molecule has 2 N–H and O–H groups in total. The monoisotopic (exact) mass is 1380 g/mol. The molecular formula is C77H68O24. The lowest BCUT2D eigenvalue weighted by atomic mass is 9.95. The maximum absolute atomic E-state index is 14.8. The van der Waals surface area contributed by atoms with Crippen LogP contribution in [0.5, 0.6) is 0 Å². The Morgan fingerprint density at radius 1 is 0.297 bits per heavy atom. The molecule has 15 atom stereocenters. The molecule has 0 aromatic heterocycles. The van der Waals surface area contributed by atoms with E-state index in [1.165, 1.54) is 103 Å².